The van der Waals surface area contributed by atoms with Crippen molar-refractivity contribution < 1.29 is 66.6 Å². The average molecular weight is 364 g/mol. The van der Waals surface area contributed by atoms with Crippen LogP contribution in [0.15, 0.2) is 0 Å². The highest BCUT2D eigenvalue weighted by atomic mass is 19.4. The van der Waals surface area contributed by atoms with Crippen LogP contribution in [-0.4, -0.2) is 42.4 Å². The number of hydrogen-bond acceptors (Lipinski definition) is 2. The molecular weight excluding hydrogens is 363 g/mol. The van der Waals surface area contributed by atoms with Crippen molar-refractivity contribution in [2.24, 2.45) is 0 Å². The summed E-state index contributed by atoms with van der Waals surface area (Å²) in [6, 6.07) is 0. The van der Waals surface area contributed by atoms with E-state index < -0.39 is 42.4 Å². The van der Waals surface area contributed by atoms with E-state index in [1.165, 1.54) is 0 Å². The van der Waals surface area contributed by atoms with Crippen LogP contribution < -0.4 is 0 Å². The molecule has 15 heteroatoms. The summed E-state index contributed by atoms with van der Waals surface area (Å²) in [7, 11) is 0. The highest BCUT2D eigenvalue weighted by molar-refractivity contribution is 5.79. The Bertz CT molecular complexity index is 400. The van der Waals surface area contributed by atoms with E-state index in [4.69, 9.17) is 0 Å². The first-order valence-corrected chi connectivity index (χ1v) is 4.43. The second kappa shape index (κ2) is 5.33. The van der Waals surface area contributed by atoms with Crippen molar-refractivity contribution in [3.8, 4) is 0 Å². The van der Waals surface area contributed by atoms with Crippen LogP contribution in [0.4, 0.5) is 57.1 Å². The molecule has 0 amide bonds. The summed E-state index contributed by atoms with van der Waals surface area (Å²) >= 11 is 0. The molecule has 0 aromatic heterocycles. The van der Waals surface area contributed by atoms with E-state index in [0.717, 1.165) is 0 Å². The third-order valence-electron chi connectivity index (χ3n) is 1.83. The topological polar surface area (TPSA) is 26.3 Å². The van der Waals surface area contributed by atoms with Gasteiger partial charge < -0.3 is 4.74 Å². The molecule has 0 atom stereocenters. The largest absolute Gasteiger partial charge is 0.460 e. The molecule has 0 aliphatic carbocycles. The summed E-state index contributed by atoms with van der Waals surface area (Å²) in [6.07, 6.45) is -25.6. The van der Waals surface area contributed by atoms with E-state index in [1.807, 2.05) is 0 Å². The van der Waals surface area contributed by atoms with Crippen molar-refractivity contribution in [3.63, 3.8) is 0 Å². The molecule has 0 fully saturated rings. The molecule has 0 saturated carbocycles. The first-order valence-electron chi connectivity index (χ1n) is 4.43. The SMILES string of the molecule is O=C(OC(C(F)(F)F)C(F)(F)F)C(F)(F)C(F)(F)C(F)(F)F. The molecule has 0 aliphatic rings. The second-order valence-corrected chi connectivity index (χ2v) is 3.52. The van der Waals surface area contributed by atoms with Gasteiger partial charge in [-0.15, -0.1) is 0 Å². The molecule has 22 heavy (non-hydrogen) atoms. The molecule has 132 valence electrons. The molecular formula is C7HF13O2. The Hall–Kier alpha value is -1.44. The lowest BCUT2D eigenvalue weighted by atomic mass is 10.1. The van der Waals surface area contributed by atoms with Crippen molar-refractivity contribution in [2.75, 3.05) is 0 Å². The number of halogens is 13. The maximum atomic E-state index is 12.5. The Morgan fingerprint density at radius 3 is 1.23 bits per heavy atom. The van der Waals surface area contributed by atoms with Crippen LogP contribution in [0.3, 0.4) is 0 Å². The smallest absolute Gasteiger partial charge is 0.438 e. The monoisotopic (exact) mass is 364 g/mol. The van der Waals surface area contributed by atoms with Gasteiger partial charge in [0.25, 0.3) is 6.10 Å². The summed E-state index contributed by atoms with van der Waals surface area (Å²) in [5, 5.41) is 0. The fraction of sp³-hybridized carbons (Fsp3) is 0.857. The first-order chi connectivity index (χ1) is 9.26. The van der Waals surface area contributed by atoms with E-state index in [-0.39, 0.29) is 0 Å². The summed E-state index contributed by atoms with van der Waals surface area (Å²) in [5.74, 6) is -18.6. The molecule has 0 saturated heterocycles. The minimum Gasteiger partial charge on any atom is -0.438 e. The average Bonchev–Trinajstić information content (AvgIpc) is 2.19. The summed E-state index contributed by atoms with van der Waals surface area (Å²) in [4.78, 5) is 10.3. The van der Waals surface area contributed by atoms with Gasteiger partial charge in [0.1, 0.15) is 0 Å². The highest BCUT2D eigenvalue weighted by Crippen LogP contribution is 2.48. The molecule has 0 unspecified atom stereocenters. The molecule has 0 heterocycles. The Morgan fingerprint density at radius 1 is 0.682 bits per heavy atom. The summed E-state index contributed by atoms with van der Waals surface area (Å²) < 4.78 is 158. The van der Waals surface area contributed by atoms with Crippen LogP contribution >= 0.6 is 0 Å². The molecule has 0 aliphatic heterocycles. The third-order valence-corrected chi connectivity index (χ3v) is 1.83. The fourth-order valence-corrected chi connectivity index (χ4v) is 0.806. The lowest BCUT2D eigenvalue weighted by Crippen LogP contribution is -2.58. The van der Waals surface area contributed by atoms with Crippen LogP contribution in [0.2, 0.25) is 0 Å². The first kappa shape index (κ1) is 20.6. The Kier molecular flexibility index (Phi) is 4.98. The maximum absolute atomic E-state index is 12.5. The zero-order valence-corrected chi connectivity index (χ0v) is 9.31. The van der Waals surface area contributed by atoms with Gasteiger partial charge in [-0.1, -0.05) is 0 Å². The molecule has 0 aromatic rings. The van der Waals surface area contributed by atoms with Crippen LogP contribution in [0, 0.1) is 0 Å². The molecule has 0 spiro atoms. The number of carbonyl (C=O) groups is 1. The van der Waals surface area contributed by atoms with Crippen molar-refractivity contribution in [1.29, 1.82) is 0 Å². The van der Waals surface area contributed by atoms with Gasteiger partial charge in [0.2, 0.25) is 0 Å². The number of ether oxygens (including phenoxy) is 1. The molecule has 0 rings (SSSR count). The van der Waals surface area contributed by atoms with E-state index in [1.54, 1.807) is 0 Å². The second-order valence-electron chi connectivity index (χ2n) is 3.52. The Morgan fingerprint density at radius 2 is 1.00 bits per heavy atom. The van der Waals surface area contributed by atoms with Gasteiger partial charge in [0, 0.05) is 0 Å². The zero-order chi connectivity index (χ0) is 18.4. The van der Waals surface area contributed by atoms with Gasteiger partial charge in [-0.2, -0.15) is 57.1 Å². The highest BCUT2D eigenvalue weighted by Gasteiger charge is 2.78. The van der Waals surface area contributed by atoms with Gasteiger partial charge in [-0.05, 0) is 0 Å². The van der Waals surface area contributed by atoms with Crippen LogP contribution in [0.5, 0.6) is 0 Å². The molecule has 0 radical (unpaired) electrons. The predicted octanol–water partition coefficient (Wildman–Crippen LogP) is 3.86. The number of carbonyl (C=O) groups excluding carboxylic acids is 1. The summed E-state index contributed by atoms with van der Waals surface area (Å²) in [6.45, 7) is 0. The Balaban J connectivity index is 5.60. The van der Waals surface area contributed by atoms with Gasteiger partial charge in [0.15, 0.2) is 0 Å². The normalized spacial score (nSPS) is 15.2. The van der Waals surface area contributed by atoms with E-state index in [0.29, 0.717) is 0 Å². The molecule has 0 aromatic carbocycles. The van der Waals surface area contributed by atoms with Crippen molar-refractivity contribution in [2.45, 2.75) is 36.5 Å². The number of esters is 1. The number of alkyl halides is 13. The summed E-state index contributed by atoms with van der Waals surface area (Å²) in [5.41, 5.74) is 0. The van der Waals surface area contributed by atoms with E-state index >= 15 is 0 Å². The van der Waals surface area contributed by atoms with Gasteiger partial charge >= 0.3 is 36.3 Å². The molecule has 0 N–H and O–H groups in total. The third kappa shape index (κ3) is 3.85. The van der Waals surface area contributed by atoms with Gasteiger partial charge in [-0.3, -0.25) is 0 Å². The zero-order valence-electron chi connectivity index (χ0n) is 9.31. The predicted molar refractivity (Wildman–Crippen MR) is 37.9 cm³/mol. The van der Waals surface area contributed by atoms with Crippen molar-refractivity contribution in [1.82, 2.24) is 0 Å². The van der Waals surface area contributed by atoms with E-state index in [2.05, 4.69) is 4.74 Å². The number of rotatable bonds is 3. The Labute approximate surface area is 110 Å². The lowest BCUT2D eigenvalue weighted by Gasteiger charge is -2.29. The fourth-order valence-electron chi connectivity index (χ4n) is 0.806. The van der Waals surface area contributed by atoms with Crippen LogP contribution in [0.1, 0.15) is 0 Å². The minimum absolute atomic E-state index is 2.11. The standard InChI is InChI=1S/C7HF13O2/c8-3(9,6(16,17)7(18,19)20)2(21)22-1(4(10,11)12)5(13,14)15/h1H. The molecule has 2 nitrogen and oxygen atoms in total. The maximum Gasteiger partial charge on any atom is 0.460 e. The quantitative estimate of drug-likeness (QED) is 0.562. The van der Waals surface area contributed by atoms with Crippen molar-refractivity contribution >= 4 is 5.97 Å². The van der Waals surface area contributed by atoms with Crippen LogP contribution in [-0.2, 0) is 9.53 Å². The van der Waals surface area contributed by atoms with Gasteiger partial charge in [-0.25, -0.2) is 4.79 Å². The van der Waals surface area contributed by atoms with E-state index in [9.17, 15) is 61.9 Å². The minimum atomic E-state index is -7.25. The molecule has 0 bridgehead atoms. The van der Waals surface area contributed by atoms with Crippen LogP contribution in [0.25, 0.3) is 0 Å². The lowest BCUT2D eigenvalue weighted by molar-refractivity contribution is -0.358. The van der Waals surface area contributed by atoms with Gasteiger partial charge in [0.05, 0.1) is 0 Å². The van der Waals surface area contributed by atoms with Crippen molar-refractivity contribution in [3.05, 3.63) is 0 Å². The number of hydrogen-bond donors (Lipinski definition) is 0.